The molecule has 4 heterocycles. The van der Waals surface area contributed by atoms with Gasteiger partial charge in [-0.1, -0.05) is 25.9 Å². The third-order valence-electron chi connectivity index (χ3n) is 4.74. The summed E-state index contributed by atoms with van der Waals surface area (Å²) in [5.74, 6) is 2.37. The maximum Gasteiger partial charge on any atom is 0.223 e. The van der Waals surface area contributed by atoms with Crippen LogP contribution in [0.4, 0.5) is 5.82 Å². The van der Waals surface area contributed by atoms with Crippen molar-refractivity contribution in [3.8, 4) is 0 Å². The molecule has 8 nitrogen and oxygen atoms in total. The van der Waals surface area contributed by atoms with E-state index in [0.29, 0.717) is 5.89 Å². The molecule has 0 saturated carbocycles. The largest absolute Gasteiger partial charge is 0.352 e. The molecule has 0 unspecified atom stereocenters. The van der Waals surface area contributed by atoms with Crippen molar-refractivity contribution in [2.24, 2.45) is 0 Å². The predicted octanol–water partition coefficient (Wildman–Crippen LogP) is 2.04. The Morgan fingerprint density at radius 1 is 1.15 bits per heavy atom. The lowest BCUT2D eigenvalue weighted by atomic mass is 9.92. The Bertz CT molecular complexity index is 900. The smallest absolute Gasteiger partial charge is 0.223 e. The molecule has 0 bridgehead atoms. The number of piperazine rings is 1. The Kier molecular flexibility index (Phi) is 4.14. The summed E-state index contributed by atoms with van der Waals surface area (Å²) in [5, 5.41) is 8.71. The fourth-order valence-corrected chi connectivity index (χ4v) is 3.24. The summed E-state index contributed by atoms with van der Waals surface area (Å²) in [5.41, 5.74) is 2.17. The number of nitrogens with zero attached hydrogens (tertiary/aromatic N) is 7. The fourth-order valence-electron chi connectivity index (χ4n) is 3.24. The molecule has 26 heavy (non-hydrogen) atoms. The van der Waals surface area contributed by atoms with Gasteiger partial charge in [-0.05, 0) is 6.07 Å². The van der Waals surface area contributed by atoms with Crippen molar-refractivity contribution in [3.05, 3.63) is 35.9 Å². The van der Waals surface area contributed by atoms with E-state index in [0.717, 1.165) is 55.6 Å². The zero-order valence-electron chi connectivity index (χ0n) is 15.8. The van der Waals surface area contributed by atoms with Gasteiger partial charge in [0.15, 0.2) is 11.6 Å². The van der Waals surface area contributed by atoms with E-state index in [9.17, 15) is 0 Å². The molecule has 3 aromatic rings. The van der Waals surface area contributed by atoms with Gasteiger partial charge in [-0.25, -0.2) is 9.50 Å². The summed E-state index contributed by atoms with van der Waals surface area (Å²) < 4.78 is 7.00. The minimum absolute atomic E-state index is 0.0186. The third-order valence-corrected chi connectivity index (χ3v) is 4.74. The van der Waals surface area contributed by atoms with Crippen LogP contribution in [0.1, 0.15) is 38.2 Å². The number of hydrogen-bond donors (Lipinski definition) is 0. The normalized spacial score (nSPS) is 16.5. The molecule has 1 aliphatic heterocycles. The molecule has 1 fully saturated rings. The lowest BCUT2D eigenvalue weighted by Gasteiger charge is -2.34. The second-order valence-corrected chi connectivity index (χ2v) is 7.85. The van der Waals surface area contributed by atoms with Crippen molar-refractivity contribution in [2.45, 2.75) is 39.7 Å². The monoisotopic (exact) mass is 355 g/mol. The van der Waals surface area contributed by atoms with Crippen molar-refractivity contribution < 1.29 is 4.52 Å². The minimum Gasteiger partial charge on any atom is -0.352 e. The van der Waals surface area contributed by atoms with Gasteiger partial charge in [0.05, 0.1) is 12.2 Å². The zero-order valence-corrected chi connectivity index (χ0v) is 15.8. The first-order valence-electron chi connectivity index (χ1n) is 9.01. The van der Waals surface area contributed by atoms with E-state index in [1.54, 1.807) is 0 Å². The SMILES string of the molecule is Cc1nc(CN2CCN(c3nccn4nc(C(C)(C)C)cc34)CC2)no1. The number of fused-ring (bicyclic) bond motifs is 1. The summed E-state index contributed by atoms with van der Waals surface area (Å²) in [6.07, 6.45) is 3.75. The summed E-state index contributed by atoms with van der Waals surface area (Å²) in [7, 11) is 0. The van der Waals surface area contributed by atoms with E-state index in [1.807, 2.05) is 23.8 Å². The van der Waals surface area contributed by atoms with Gasteiger partial charge < -0.3 is 9.42 Å². The molecule has 0 aliphatic carbocycles. The Morgan fingerprint density at radius 3 is 2.58 bits per heavy atom. The second kappa shape index (κ2) is 6.35. The van der Waals surface area contributed by atoms with Crippen molar-refractivity contribution in [1.82, 2.24) is 29.6 Å². The van der Waals surface area contributed by atoms with Crippen molar-refractivity contribution in [3.63, 3.8) is 0 Å². The number of aromatic nitrogens is 5. The lowest BCUT2D eigenvalue weighted by Crippen LogP contribution is -2.46. The average molecular weight is 355 g/mol. The highest BCUT2D eigenvalue weighted by Crippen LogP contribution is 2.26. The van der Waals surface area contributed by atoms with Crippen LogP contribution in [0.5, 0.6) is 0 Å². The lowest BCUT2D eigenvalue weighted by molar-refractivity contribution is 0.239. The molecular formula is C18H25N7O. The molecule has 0 amide bonds. The van der Waals surface area contributed by atoms with E-state index >= 15 is 0 Å². The van der Waals surface area contributed by atoms with Crippen LogP contribution >= 0.6 is 0 Å². The van der Waals surface area contributed by atoms with Gasteiger partial charge in [0.25, 0.3) is 0 Å². The average Bonchev–Trinajstić information content (AvgIpc) is 3.21. The molecule has 0 aromatic carbocycles. The second-order valence-electron chi connectivity index (χ2n) is 7.85. The van der Waals surface area contributed by atoms with E-state index in [2.05, 4.69) is 51.8 Å². The predicted molar refractivity (Wildman–Crippen MR) is 98.2 cm³/mol. The van der Waals surface area contributed by atoms with Crippen molar-refractivity contribution >= 4 is 11.3 Å². The third kappa shape index (κ3) is 3.29. The van der Waals surface area contributed by atoms with Gasteiger partial charge in [0.2, 0.25) is 5.89 Å². The highest BCUT2D eigenvalue weighted by Gasteiger charge is 2.24. The molecule has 0 radical (unpaired) electrons. The fraction of sp³-hybridized carbons (Fsp3) is 0.556. The van der Waals surface area contributed by atoms with E-state index in [4.69, 9.17) is 9.62 Å². The Morgan fingerprint density at radius 2 is 1.92 bits per heavy atom. The van der Waals surface area contributed by atoms with Gasteiger partial charge in [0.1, 0.15) is 5.52 Å². The zero-order chi connectivity index (χ0) is 18.3. The Balaban J connectivity index is 1.49. The number of anilines is 1. The van der Waals surface area contributed by atoms with Gasteiger partial charge >= 0.3 is 0 Å². The molecular weight excluding hydrogens is 330 g/mol. The topological polar surface area (TPSA) is 75.6 Å². The van der Waals surface area contributed by atoms with Crippen molar-refractivity contribution in [2.75, 3.05) is 31.1 Å². The molecule has 0 spiro atoms. The van der Waals surface area contributed by atoms with E-state index in [-0.39, 0.29) is 5.41 Å². The standard InChI is InChI=1S/C18H25N7O/c1-13-20-16(22-26-13)12-23-7-9-24(10-8-23)17-14-11-15(18(2,3)4)21-25(14)6-5-19-17/h5-6,11H,7-10,12H2,1-4H3. The van der Waals surface area contributed by atoms with Gasteiger partial charge in [-0.2, -0.15) is 10.1 Å². The maximum atomic E-state index is 5.06. The van der Waals surface area contributed by atoms with Crippen LogP contribution in [0.2, 0.25) is 0 Å². The molecule has 0 N–H and O–H groups in total. The van der Waals surface area contributed by atoms with Crippen LogP contribution in [0.15, 0.2) is 23.0 Å². The molecule has 1 aliphatic rings. The van der Waals surface area contributed by atoms with Crippen LogP contribution in [-0.2, 0) is 12.0 Å². The summed E-state index contributed by atoms with van der Waals surface area (Å²) in [4.78, 5) is 13.6. The summed E-state index contributed by atoms with van der Waals surface area (Å²) in [6, 6.07) is 2.16. The molecule has 4 rings (SSSR count). The van der Waals surface area contributed by atoms with Crippen LogP contribution < -0.4 is 4.90 Å². The molecule has 0 atom stereocenters. The van der Waals surface area contributed by atoms with Gasteiger partial charge in [-0.3, -0.25) is 4.90 Å². The quantitative estimate of drug-likeness (QED) is 0.711. The van der Waals surface area contributed by atoms with Crippen molar-refractivity contribution in [1.29, 1.82) is 0 Å². The molecule has 138 valence electrons. The first kappa shape index (κ1) is 17.0. The highest BCUT2D eigenvalue weighted by atomic mass is 16.5. The maximum absolute atomic E-state index is 5.06. The molecule has 1 saturated heterocycles. The summed E-state index contributed by atoms with van der Waals surface area (Å²) >= 11 is 0. The molecule has 8 heteroatoms. The first-order valence-corrected chi connectivity index (χ1v) is 9.01. The number of rotatable bonds is 3. The number of aryl methyl sites for hydroxylation is 1. The van der Waals surface area contributed by atoms with Gasteiger partial charge in [0, 0.05) is 50.9 Å². The van der Waals surface area contributed by atoms with Gasteiger partial charge in [-0.15, -0.1) is 0 Å². The molecule has 3 aromatic heterocycles. The van der Waals surface area contributed by atoms with Crippen LogP contribution in [0, 0.1) is 6.92 Å². The first-order chi connectivity index (χ1) is 12.4. The summed E-state index contributed by atoms with van der Waals surface area (Å²) in [6.45, 7) is 12.8. The van der Waals surface area contributed by atoms with Crippen LogP contribution in [-0.4, -0.2) is 55.8 Å². The van der Waals surface area contributed by atoms with Crippen LogP contribution in [0.25, 0.3) is 5.52 Å². The van der Waals surface area contributed by atoms with E-state index < -0.39 is 0 Å². The minimum atomic E-state index is 0.0186. The Labute approximate surface area is 152 Å². The highest BCUT2D eigenvalue weighted by molar-refractivity contribution is 5.69. The Hall–Kier alpha value is -2.48. The number of hydrogen-bond acceptors (Lipinski definition) is 7. The van der Waals surface area contributed by atoms with Crippen LogP contribution in [0.3, 0.4) is 0 Å². The van der Waals surface area contributed by atoms with E-state index in [1.165, 1.54) is 0 Å².